The number of carbonyl (C=O) groups is 2. The van der Waals surface area contributed by atoms with Crippen molar-refractivity contribution < 1.29 is 19.1 Å². The molecule has 0 atom stereocenters. The monoisotopic (exact) mass is 440 g/mol. The van der Waals surface area contributed by atoms with Gasteiger partial charge in [-0.3, -0.25) is 20.4 Å². The van der Waals surface area contributed by atoms with E-state index < -0.39 is 11.8 Å². The molecule has 2 aromatic rings. The zero-order valence-corrected chi connectivity index (χ0v) is 15.4. The van der Waals surface area contributed by atoms with Gasteiger partial charge < -0.3 is 9.47 Å². The normalized spacial score (nSPS) is 9.96. The molecule has 126 valence electrons. The number of rotatable bonds is 5. The third kappa shape index (κ3) is 4.85. The lowest BCUT2D eigenvalue weighted by Gasteiger charge is -2.11. The number of nitrogens with one attached hydrogen (secondary N) is 2. The molecule has 6 nitrogen and oxygen atoms in total. The number of carbonyl (C=O) groups excluding carboxylic acids is 2. The smallest absolute Gasteiger partial charge is 0.276 e. The number of hydrazine groups is 1. The van der Waals surface area contributed by atoms with Crippen LogP contribution in [0.25, 0.3) is 0 Å². The second-order valence-electron chi connectivity index (χ2n) is 4.91. The summed E-state index contributed by atoms with van der Waals surface area (Å²) in [5, 5.41) is 0. The molecular formula is C17H17IN2O4. The number of benzene rings is 2. The summed E-state index contributed by atoms with van der Waals surface area (Å²) < 4.78 is 11.5. The number of aryl methyl sites for hydroxylation is 1. The summed E-state index contributed by atoms with van der Waals surface area (Å²) in [7, 11) is 1.52. The van der Waals surface area contributed by atoms with Gasteiger partial charge in [0.15, 0.2) is 18.1 Å². The predicted molar refractivity (Wildman–Crippen MR) is 98.0 cm³/mol. The van der Waals surface area contributed by atoms with Gasteiger partial charge in [0.2, 0.25) is 0 Å². The third-order valence-corrected chi connectivity index (χ3v) is 4.34. The number of hydrogen-bond acceptors (Lipinski definition) is 4. The lowest BCUT2D eigenvalue weighted by Crippen LogP contribution is -2.43. The van der Waals surface area contributed by atoms with Crippen LogP contribution in [0.15, 0.2) is 42.5 Å². The number of ether oxygens (including phenoxy) is 2. The quantitative estimate of drug-likeness (QED) is 0.554. The van der Waals surface area contributed by atoms with Crippen LogP contribution in [-0.4, -0.2) is 25.5 Å². The van der Waals surface area contributed by atoms with Gasteiger partial charge >= 0.3 is 0 Å². The van der Waals surface area contributed by atoms with Gasteiger partial charge in [0, 0.05) is 9.13 Å². The lowest BCUT2D eigenvalue weighted by atomic mass is 10.1. The molecule has 2 N–H and O–H groups in total. The van der Waals surface area contributed by atoms with E-state index in [1.54, 1.807) is 36.4 Å². The molecular weight excluding hydrogens is 423 g/mol. The third-order valence-electron chi connectivity index (χ3n) is 3.18. The molecule has 24 heavy (non-hydrogen) atoms. The molecule has 2 rings (SSSR count). The number of hydrogen-bond donors (Lipinski definition) is 2. The Labute approximate surface area is 153 Å². The fourth-order valence-corrected chi connectivity index (χ4v) is 2.37. The van der Waals surface area contributed by atoms with Crippen LogP contribution < -0.4 is 20.3 Å². The predicted octanol–water partition coefficient (Wildman–Crippen LogP) is 2.45. The van der Waals surface area contributed by atoms with Crippen molar-refractivity contribution in [1.82, 2.24) is 10.9 Å². The van der Waals surface area contributed by atoms with Gasteiger partial charge in [0.25, 0.3) is 11.8 Å². The van der Waals surface area contributed by atoms with Crippen LogP contribution in [0.4, 0.5) is 0 Å². The van der Waals surface area contributed by atoms with E-state index in [-0.39, 0.29) is 6.61 Å². The minimum Gasteiger partial charge on any atom is -0.493 e. The van der Waals surface area contributed by atoms with Crippen LogP contribution in [0.5, 0.6) is 11.5 Å². The first-order chi connectivity index (χ1) is 11.5. The highest BCUT2D eigenvalue weighted by molar-refractivity contribution is 14.1. The van der Waals surface area contributed by atoms with Crippen molar-refractivity contribution in [2.75, 3.05) is 13.7 Å². The molecule has 0 radical (unpaired) electrons. The summed E-state index contributed by atoms with van der Waals surface area (Å²) in [4.78, 5) is 23.8. The van der Waals surface area contributed by atoms with Crippen LogP contribution in [0.1, 0.15) is 15.9 Å². The van der Waals surface area contributed by atoms with Crippen molar-refractivity contribution in [1.29, 1.82) is 0 Å². The molecule has 0 spiro atoms. The maximum atomic E-state index is 12.0. The Morgan fingerprint density at radius 1 is 1.08 bits per heavy atom. The fraction of sp³-hybridized carbons (Fsp3) is 0.176. The van der Waals surface area contributed by atoms with E-state index in [1.165, 1.54) is 7.11 Å². The summed E-state index contributed by atoms with van der Waals surface area (Å²) >= 11 is 2.15. The number of methoxy groups -OCH3 is 1. The van der Waals surface area contributed by atoms with Crippen molar-refractivity contribution in [2.45, 2.75) is 6.92 Å². The summed E-state index contributed by atoms with van der Waals surface area (Å²) in [5.41, 5.74) is 6.23. The first-order valence-electron chi connectivity index (χ1n) is 7.12. The van der Waals surface area contributed by atoms with Crippen molar-refractivity contribution >= 4 is 34.4 Å². The highest BCUT2D eigenvalue weighted by Gasteiger charge is 2.10. The molecule has 0 unspecified atom stereocenters. The largest absolute Gasteiger partial charge is 0.493 e. The van der Waals surface area contributed by atoms with E-state index in [4.69, 9.17) is 9.47 Å². The van der Waals surface area contributed by atoms with E-state index in [0.29, 0.717) is 17.1 Å². The first kappa shape index (κ1) is 18.1. The Hall–Kier alpha value is -2.29. The maximum absolute atomic E-state index is 12.0. The van der Waals surface area contributed by atoms with Crippen LogP contribution >= 0.6 is 22.6 Å². The Kier molecular flexibility index (Phi) is 6.42. The van der Waals surface area contributed by atoms with Crippen molar-refractivity contribution in [3.63, 3.8) is 0 Å². The Balaban J connectivity index is 1.84. The topological polar surface area (TPSA) is 76.7 Å². The minimum absolute atomic E-state index is 0.244. The molecule has 0 aliphatic rings. The van der Waals surface area contributed by atoms with Crippen LogP contribution in [0, 0.1) is 10.5 Å². The Morgan fingerprint density at radius 2 is 1.79 bits per heavy atom. The molecule has 2 amide bonds. The van der Waals surface area contributed by atoms with Crippen LogP contribution in [0.2, 0.25) is 0 Å². The Bertz CT molecular complexity index is 749. The number of amides is 2. The molecule has 0 aromatic heterocycles. The lowest BCUT2D eigenvalue weighted by molar-refractivity contribution is -0.123. The summed E-state index contributed by atoms with van der Waals surface area (Å²) in [6.07, 6.45) is 0. The average Bonchev–Trinajstić information content (AvgIpc) is 2.60. The molecule has 0 bridgehead atoms. The van der Waals surface area contributed by atoms with Crippen LogP contribution in [-0.2, 0) is 4.79 Å². The van der Waals surface area contributed by atoms with E-state index in [9.17, 15) is 9.59 Å². The molecule has 2 aromatic carbocycles. The van der Waals surface area contributed by atoms with Gasteiger partial charge in [-0.2, -0.15) is 0 Å². The van der Waals surface area contributed by atoms with Gasteiger partial charge in [0.1, 0.15) is 0 Å². The molecule has 0 saturated carbocycles. The van der Waals surface area contributed by atoms with Crippen molar-refractivity contribution in [3.8, 4) is 11.5 Å². The first-order valence-corrected chi connectivity index (χ1v) is 8.20. The number of halogens is 1. The van der Waals surface area contributed by atoms with Gasteiger partial charge in [-0.25, -0.2) is 0 Å². The fourth-order valence-electron chi connectivity index (χ4n) is 1.85. The van der Waals surface area contributed by atoms with Gasteiger partial charge in [-0.05, 0) is 59.3 Å². The molecule has 0 aliphatic carbocycles. The zero-order chi connectivity index (χ0) is 17.5. The standard InChI is InChI=1S/C17H17IN2O4/c1-11-7-8-12(9-13(11)18)17(22)20-19-16(21)10-24-15-6-4-3-5-14(15)23-2/h3-9H,10H2,1-2H3,(H,19,21)(H,20,22). The van der Waals surface area contributed by atoms with Crippen LogP contribution in [0.3, 0.4) is 0 Å². The highest BCUT2D eigenvalue weighted by Crippen LogP contribution is 2.25. The molecule has 0 fully saturated rings. The molecule has 0 heterocycles. The maximum Gasteiger partial charge on any atom is 0.276 e. The van der Waals surface area contributed by atoms with Crippen molar-refractivity contribution in [2.24, 2.45) is 0 Å². The molecule has 0 aliphatic heterocycles. The van der Waals surface area contributed by atoms with Gasteiger partial charge in [-0.1, -0.05) is 18.2 Å². The summed E-state index contributed by atoms with van der Waals surface area (Å²) in [6, 6.07) is 12.3. The second-order valence-corrected chi connectivity index (χ2v) is 6.07. The molecule has 7 heteroatoms. The van der Waals surface area contributed by atoms with E-state index in [0.717, 1.165) is 9.13 Å². The Morgan fingerprint density at radius 3 is 2.46 bits per heavy atom. The highest BCUT2D eigenvalue weighted by atomic mass is 127. The van der Waals surface area contributed by atoms with Crippen molar-refractivity contribution in [3.05, 3.63) is 57.2 Å². The van der Waals surface area contributed by atoms with E-state index >= 15 is 0 Å². The average molecular weight is 440 g/mol. The number of para-hydroxylation sites is 2. The molecule has 0 saturated heterocycles. The SMILES string of the molecule is COc1ccccc1OCC(=O)NNC(=O)c1ccc(C)c(I)c1. The summed E-state index contributed by atoms with van der Waals surface area (Å²) in [5.74, 6) is 0.118. The van der Waals surface area contributed by atoms with E-state index in [2.05, 4.69) is 33.4 Å². The van der Waals surface area contributed by atoms with Gasteiger partial charge in [0.05, 0.1) is 7.11 Å². The van der Waals surface area contributed by atoms with E-state index in [1.807, 2.05) is 13.0 Å². The summed E-state index contributed by atoms with van der Waals surface area (Å²) in [6.45, 7) is 1.71. The van der Waals surface area contributed by atoms with Gasteiger partial charge in [-0.15, -0.1) is 0 Å². The zero-order valence-electron chi connectivity index (χ0n) is 13.3. The second kappa shape index (κ2) is 8.53. The minimum atomic E-state index is -0.476.